The van der Waals surface area contributed by atoms with Gasteiger partial charge in [-0.15, -0.1) is 0 Å². The highest BCUT2D eigenvalue weighted by atomic mass is 16.5. The third kappa shape index (κ3) is 22.4. The fourth-order valence-electron chi connectivity index (χ4n) is 0.568. The standard InChI is InChI=1S/C7H14O2.C3H6O2/c1-3-4-5-6-9-7(2)8;1-3(4)5-2/h3-6H2,1-2H3;1-2H3. The molecule has 0 spiro atoms. The van der Waals surface area contributed by atoms with Gasteiger partial charge in [0, 0.05) is 13.8 Å². The molecule has 0 aromatic heterocycles. The third-order valence-corrected chi connectivity index (χ3v) is 1.34. The Hall–Kier alpha value is -1.06. The molecule has 0 aliphatic heterocycles. The van der Waals surface area contributed by atoms with E-state index in [0.29, 0.717) is 6.61 Å². The van der Waals surface area contributed by atoms with Crippen LogP contribution in [0.1, 0.15) is 40.0 Å². The fraction of sp³-hybridized carbons (Fsp3) is 0.800. The highest BCUT2D eigenvalue weighted by Crippen LogP contribution is 1.93. The Morgan fingerprint density at radius 1 is 1.07 bits per heavy atom. The smallest absolute Gasteiger partial charge is 0.302 e. The normalized spacial score (nSPS) is 8.29. The zero-order valence-electron chi connectivity index (χ0n) is 9.46. The summed E-state index contributed by atoms with van der Waals surface area (Å²) in [5.41, 5.74) is 0. The molecular weight excluding hydrogens is 184 g/mol. The Morgan fingerprint density at radius 3 is 1.86 bits per heavy atom. The van der Waals surface area contributed by atoms with Gasteiger partial charge in [-0.25, -0.2) is 0 Å². The first-order chi connectivity index (χ1) is 6.54. The SMILES string of the molecule is CCCCCOC(C)=O.COC(C)=O. The quantitative estimate of drug-likeness (QED) is 0.518. The molecule has 0 saturated carbocycles. The van der Waals surface area contributed by atoms with Crippen LogP contribution in [0.5, 0.6) is 0 Å². The van der Waals surface area contributed by atoms with Crippen LogP contribution in [0.3, 0.4) is 0 Å². The molecule has 0 bridgehead atoms. The van der Waals surface area contributed by atoms with E-state index in [0.717, 1.165) is 12.8 Å². The summed E-state index contributed by atoms with van der Waals surface area (Å²) < 4.78 is 8.82. The monoisotopic (exact) mass is 204 g/mol. The molecule has 0 rings (SSSR count). The van der Waals surface area contributed by atoms with E-state index in [1.54, 1.807) is 0 Å². The minimum absolute atomic E-state index is 0.175. The molecule has 4 nitrogen and oxygen atoms in total. The molecular formula is C10H20O4. The first-order valence-corrected chi connectivity index (χ1v) is 4.72. The minimum Gasteiger partial charge on any atom is -0.469 e. The van der Waals surface area contributed by atoms with E-state index in [2.05, 4.69) is 11.7 Å². The first kappa shape index (κ1) is 15.4. The topological polar surface area (TPSA) is 52.6 Å². The number of hydrogen-bond acceptors (Lipinski definition) is 4. The molecule has 4 heteroatoms. The number of carbonyl (C=O) groups is 2. The second-order valence-corrected chi connectivity index (χ2v) is 2.74. The predicted molar refractivity (Wildman–Crippen MR) is 53.8 cm³/mol. The molecule has 0 atom stereocenters. The number of unbranched alkanes of at least 4 members (excludes halogenated alkanes) is 2. The molecule has 0 aromatic rings. The summed E-state index contributed by atoms with van der Waals surface area (Å²) in [5.74, 6) is -0.420. The van der Waals surface area contributed by atoms with Gasteiger partial charge in [-0.2, -0.15) is 0 Å². The van der Waals surface area contributed by atoms with Gasteiger partial charge in [-0.1, -0.05) is 19.8 Å². The molecule has 0 aliphatic rings. The summed E-state index contributed by atoms with van der Waals surface area (Å²) in [5, 5.41) is 0. The molecule has 0 aromatic carbocycles. The van der Waals surface area contributed by atoms with Crippen molar-refractivity contribution in [1.29, 1.82) is 0 Å². The lowest BCUT2D eigenvalue weighted by molar-refractivity contribution is -0.141. The second kappa shape index (κ2) is 11.9. The summed E-state index contributed by atoms with van der Waals surface area (Å²) in [6.45, 7) is 5.50. The maximum atomic E-state index is 10.2. The lowest BCUT2D eigenvalue weighted by Gasteiger charge is -1.98. The van der Waals surface area contributed by atoms with Gasteiger partial charge in [-0.05, 0) is 6.42 Å². The van der Waals surface area contributed by atoms with E-state index >= 15 is 0 Å². The van der Waals surface area contributed by atoms with Crippen LogP contribution in [0, 0.1) is 0 Å². The second-order valence-electron chi connectivity index (χ2n) is 2.74. The van der Waals surface area contributed by atoms with Crippen molar-refractivity contribution in [2.45, 2.75) is 40.0 Å². The summed E-state index contributed by atoms with van der Waals surface area (Å²) in [6, 6.07) is 0. The van der Waals surface area contributed by atoms with E-state index in [9.17, 15) is 9.59 Å². The third-order valence-electron chi connectivity index (χ3n) is 1.34. The van der Waals surface area contributed by atoms with Crippen LogP contribution < -0.4 is 0 Å². The number of carbonyl (C=O) groups excluding carboxylic acids is 2. The van der Waals surface area contributed by atoms with Crippen molar-refractivity contribution in [3.05, 3.63) is 0 Å². The average molecular weight is 204 g/mol. The number of hydrogen-bond donors (Lipinski definition) is 0. The van der Waals surface area contributed by atoms with Crippen molar-refractivity contribution < 1.29 is 19.1 Å². The maximum absolute atomic E-state index is 10.2. The molecule has 0 heterocycles. The molecule has 0 N–H and O–H groups in total. The molecule has 0 fully saturated rings. The summed E-state index contributed by atoms with van der Waals surface area (Å²) in [6.07, 6.45) is 3.31. The molecule has 0 unspecified atom stereocenters. The van der Waals surface area contributed by atoms with Gasteiger partial charge in [0.1, 0.15) is 0 Å². The van der Waals surface area contributed by atoms with Gasteiger partial charge in [0.2, 0.25) is 0 Å². The Balaban J connectivity index is 0. The van der Waals surface area contributed by atoms with Gasteiger partial charge in [0.25, 0.3) is 0 Å². The highest BCUT2D eigenvalue weighted by Gasteiger charge is 1.89. The molecule has 84 valence electrons. The number of methoxy groups -OCH3 is 1. The van der Waals surface area contributed by atoms with Crippen LogP contribution in [0.25, 0.3) is 0 Å². The Kier molecular flexibility index (Phi) is 13.1. The fourth-order valence-corrected chi connectivity index (χ4v) is 0.568. The number of esters is 2. The van der Waals surface area contributed by atoms with E-state index in [-0.39, 0.29) is 11.9 Å². The zero-order chi connectivity index (χ0) is 11.4. The maximum Gasteiger partial charge on any atom is 0.302 e. The van der Waals surface area contributed by atoms with Crippen molar-refractivity contribution in [3.63, 3.8) is 0 Å². The van der Waals surface area contributed by atoms with Gasteiger partial charge in [0.15, 0.2) is 0 Å². The van der Waals surface area contributed by atoms with Crippen molar-refractivity contribution in [1.82, 2.24) is 0 Å². The largest absolute Gasteiger partial charge is 0.469 e. The van der Waals surface area contributed by atoms with Gasteiger partial charge in [0.05, 0.1) is 13.7 Å². The van der Waals surface area contributed by atoms with Gasteiger partial charge in [-0.3, -0.25) is 9.59 Å². The molecule has 0 radical (unpaired) electrons. The highest BCUT2D eigenvalue weighted by molar-refractivity contribution is 5.65. The van der Waals surface area contributed by atoms with E-state index in [4.69, 9.17) is 4.74 Å². The Morgan fingerprint density at radius 2 is 1.57 bits per heavy atom. The van der Waals surface area contributed by atoms with Crippen LogP contribution in [0.15, 0.2) is 0 Å². The Bertz CT molecular complexity index is 154. The Labute approximate surface area is 85.6 Å². The summed E-state index contributed by atoms with van der Waals surface area (Å²) >= 11 is 0. The van der Waals surface area contributed by atoms with Crippen LogP contribution in [-0.2, 0) is 19.1 Å². The van der Waals surface area contributed by atoms with E-state index in [1.165, 1.54) is 27.4 Å². The molecule has 14 heavy (non-hydrogen) atoms. The van der Waals surface area contributed by atoms with Crippen molar-refractivity contribution in [2.75, 3.05) is 13.7 Å². The lowest BCUT2D eigenvalue weighted by atomic mass is 10.3. The molecule has 0 amide bonds. The summed E-state index contributed by atoms with van der Waals surface area (Å²) in [7, 11) is 1.35. The number of ether oxygens (including phenoxy) is 2. The van der Waals surface area contributed by atoms with Crippen LogP contribution in [0.2, 0.25) is 0 Å². The van der Waals surface area contributed by atoms with Crippen LogP contribution >= 0.6 is 0 Å². The van der Waals surface area contributed by atoms with Crippen molar-refractivity contribution in [2.24, 2.45) is 0 Å². The first-order valence-electron chi connectivity index (χ1n) is 4.72. The van der Waals surface area contributed by atoms with Crippen LogP contribution in [0.4, 0.5) is 0 Å². The molecule has 0 saturated heterocycles. The van der Waals surface area contributed by atoms with E-state index < -0.39 is 0 Å². The lowest BCUT2D eigenvalue weighted by Crippen LogP contribution is -1.99. The minimum atomic E-state index is -0.245. The van der Waals surface area contributed by atoms with Crippen molar-refractivity contribution >= 4 is 11.9 Å². The average Bonchev–Trinajstić information content (AvgIpc) is 2.13. The van der Waals surface area contributed by atoms with Gasteiger partial charge < -0.3 is 9.47 Å². The summed E-state index contributed by atoms with van der Waals surface area (Å²) in [4.78, 5) is 19.8. The van der Waals surface area contributed by atoms with Crippen molar-refractivity contribution in [3.8, 4) is 0 Å². The van der Waals surface area contributed by atoms with E-state index in [1.807, 2.05) is 0 Å². The van der Waals surface area contributed by atoms with Crippen LogP contribution in [-0.4, -0.2) is 25.7 Å². The predicted octanol–water partition coefficient (Wildman–Crippen LogP) is 1.92. The van der Waals surface area contributed by atoms with Gasteiger partial charge >= 0.3 is 11.9 Å². The number of rotatable bonds is 4. The molecule has 0 aliphatic carbocycles. The zero-order valence-corrected chi connectivity index (χ0v) is 9.46.